The van der Waals surface area contributed by atoms with Crippen molar-refractivity contribution in [3.8, 4) is 0 Å². The van der Waals surface area contributed by atoms with Gasteiger partial charge < -0.3 is 5.32 Å². The summed E-state index contributed by atoms with van der Waals surface area (Å²) in [7, 11) is 0. The summed E-state index contributed by atoms with van der Waals surface area (Å²) in [4.78, 5) is 12.1. The predicted octanol–water partition coefficient (Wildman–Crippen LogP) is 3.93. The number of halogens is 2. The van der Waals surface area contributed by atoms with E-state index in [4.69, 9.17) is 11.6 Å². The lowest BCUT2D eigenvalue weighted by atomic mass is 10.2. The molecule has 0 saturated carbocycles. The topological polar surface area (TPSA) is 46.9 Å². The van der Waals surface area contributed by atoms with Crippen LogP contribution in [0.3, 0.4) is 0 Å². The molecule has 0 unspecified atom stereocenters. The van der Waals surface area contributed by atoms with E-state index in [0.29, 0.717) is 24.7 Å². The Kier molecular flexibility index (Phi) is 5.42. The minimum Gasteiger partial charge on any atom is -0.378 e. The van der Waals surface area contributed by atoms with Gasteiger partial charge in [-0.3, -0.25) is 4.79 Å². The standard InChI is InChI=1S/C15H17BrClN3O/c1-10(2)9-20-15(21)14(17)13(8-19-20)18-7-11-4-3-5-12(16)6-11/h3-6,8,10,18H,7,9H2,1-2H3. The van der Waals surface area contributed by atoms with Crippen LogP contribution < -0.4 is 10.9 Å². The number of rotatable bonds is 5. The van der Waals surface area contributed by atoms with Gasteiger partial charge in [-0.2, -0.15) is 5.10 Å². The molecule has 0 radical (unpaired) electrons. The molecule has 0 amide bonds. The maximum atomic E-state index is 12.1. The largest absolute Gasteiger partial charge is 0.378 e. The van der Waals surface area contributed by atoms with E-state index in [2.05, 4.69) is 26.3 Å². The fourth-order valence-corrected chi connectivity index (χ4v) is 2.57. The van der Waals surface area contributed by atoms with Crippen LogP contribution in [0, 0.1) is 5.92 Å². The monoisotopic (exact) mass is 369 g/mol. The van der Waals surface area contributed by atoms with Gasteiger partial charge in [0, 0.05) is 17.6 Å². The van der Waals surface area contributed by atoms with Crippen molar-refractivity contribution in [3.05, 3.63) is 55.9 Å². The Bertz CT molecular complexity index is 685. The first-order valence-electron chi connectivity index (χ1n) is 6.71. The molecule has 1 aromatic carbocycles. The molecule has 2 rings (SSSR count). The summed E-state index contributed by atoms with van der Waals surface area (Å²) in [6.45, 7) is 5.20. The molecule has 0 aliphatic rings. The van der Waals surface area contributed by atoms with Crippen LogP contribution in [-0.2, 0) is 13.1 Å². The highest BCUT2D eigenvalue weighted by Gasteiger charge is 2.10. The van der Waals surface area contributed by atoms with Gasteiger partial charge >= 0.3 is 0 Å². The number of hydrogen-bond acceptors (Lipinski definition) is 3. The molecule has 1 N–H and O–H groups in total. The highest BCUT2D eigenvalue weighted by molar-refractivity contribution is 9.10. The molecule has 1 aromatic heterocycles. The maximum Gasteiger partial charge on any atom is 0.287 e. The second-order valence-electron chi connectivity index (χ2n) is 5.24. The van der Waals surface area contributed by atoms with Crippen molar-refractivity contribution in [1.29, 1.82) is 0 Å². The van der Waals surface area contributed by atoms with Crippen molar-refractivity contribution in [2.24, 2.45) is 5.92 Å². The van der Waals surface area contributed by atoms with E-state index in [1.165, 1.54) is 4.68 Å². The Morgan fingerprint density at radius 3 is 2.86 bits per heavy atom. The van der Waals surface area contributed by atoms with E-state index >= 15 is 0 Å². The third kappa shape index (κ3) is 4.32. The van der Waals surface area contributed by atoms with Crippen LogP contribution in [0.4, 0.5) is 5.69 Å². The van der Waals surface area contributed by atoms with Crippen molar-refractivity contribution in [2.75, 3.05) is 5.32 Å². The summed E-state index contributed by atoms with van der Waals surface area (Å²) in [5.41, 5.74) is 1.39. The number of nitrogens with one attached hydrogen (secondary N) is 1. The first kappa shape index (κ1) is 16.0. The van der Waals surface area contributed by atoms with E-state index in [0.717, 1.165) is 10.0 Å². The van der Waals surface area contributed by atoms with Crippen molar-refractivity contribution < 1.29 is 0 Å². The minimum atomic E-state index is -0.260. The van der Waals surface area contributed by atoms with Gasteiger partial charge in [-0.05, 0) is 23.6 Å². The van der Waals surface area contributed by atoms with E-state index in [9.17, 15) is 4.79 Å². The van der Waals surface area contributed by atoms with Crippen LogP contribution in [-0.4, -0.2) is 9.78 Å². The van der Waals surface area contributed by atoms with Crippen molar-refractivity contribution in [3.63, 3.8) is 0 Å². The molecule has 0 saturated heterocycles. The first-order valence-corrected chi connectivity index (χ1v) is 7.88. The Balaban J connectivity index is 2.14. The van der Waals surface area contributed by atoms with E-state index in [-0.39, 0.29) is 10.6 Å². The van der Waals surface area contributed by atoms with Gasteiger partial charge in [0.1, 0.15) is 5.02 Å². The van der Waals surface area contributed by atoms with Crippen LogP contribution >= 0.6 is 27.5 Å². The molecule has 0 spiro atoms. The molecule has 6 heteroatoms. The number of aromatic nitrogens is 2. The first-order chi connectivity index (χ1) is 9.97. The normalized spacial score (nSPS) is 10.9. The lowest BCUT2D eigenvalue weighted by Gasteiger charge is -2.11. The van der Waals surface area contributed by atoms with Crippen LogP contribution in [0.5, 0.6) is 0 Å². The summed E-state index contributed by atoms with van der Waals surface area (Å²) >= 11 is 9.56. The highest BCUT2D eigenvalue weighted by atomic mass is 79.9. The Morgan fingerprint density at radius 2 is 2.19 bits per heavy atom. The summed E-state index contributed by atoms with van der Waals surface area (Å²) in [6.07, 6.45) is 1.60. The highest BCUT2D eigenvalue weighted by Crippen LogP contribution is 2.18. The molecular formula is C15H17BrClN3O. The van der Waals surface area contributed by atoms with Gasteiger partial charge in [0.25, 0.3) is 5.56 Å². The zero-order chi connectivity index (χ0) is 15.4. The maximum absolute atomic E-state index is 12.1. The second-order valence-corrected chi connectivity index (χ2v) is 6.53. The number of anilines is 1. The number of nitrogens with zero attached hydrogens (tertiary/aromatic N) is 2. The molecule has 0 aliphatic heterocycles. The molecule has 0 atom stereocenters. The van der Waals surface area contributed by atoms with Gasteiger partial charge in [0.05, 0.1) is 11.9 Å². The quantitative estimate of drug-likeness (QED) is 0.867. The van der Waals surface area contributed by atoms with E-state index in [1.54, 1.807) is 6.20 Å². The van der Waals surface area contributed by atoms with Crippen molar-refractivity contribution in [2.45, 2.75) is 26.9 Å². The lowest BCUT2D eigenvalue weighted by Crippen LogP contribution is -2.26. The molecule has 0 bridgehead atoms. The molecule has 112 valence electrons. The van der Waals surface area contributed by atoms with Crippen LogP contribution in [0.1, 0.15) is 19.4 Å². The fourth-order valence-electron chi connectivity index (χ4n) is 1.91. The summed E-state index contributed by atoms with van der Waals surface area (Å²) in [5.74, 6) is 0.340. The Labute approximate surface area is 137 Å². The van der Waals surface area contributed by atoms with Gasteiger partial charge in [-0.15, -0.1) is 0 Å². The third-order valence-corrected chi connectivity index (χ3v) is 3.75. The summed E-state index contributed by atoms with van der Waals surface area (Å²) in [5, 5.41) is 7.49. The minimum absolute atomic E-state index is 0.181. The van der Waals surface area contributed by atoms with Crippen LogP contribution in [0.15, 0.2) is 39.7 Å². The summed E-state index contributed by atoms with van der Waals surface area (Å²) in [6, 6.07) is 7.93. The van der Waals surface area contributed by atoms with Gasteiger partial charge in [-0.1, -0.05) is 53.5 Å². The van der Waals surface area contributed by atoms with E-state index in [1.807, 2.05) is 38.1 Å². The van der Waals surface area contributed by atoms with Crippen LogP contribution in [0.25, 0.3) is 0 Å². The average molecular weight is 371 g/mol. The number of hydrogen-bond donors (Lipinski definition) is 1. The zero-order valence-corrected chi connectivity index (χ0v) is 14.3. The van der Waals surface area contributed by atoms with Gasteiger partial charge in [0.2, 0.25) is 0 Å². The zero-order valence-electron chi connectivity index (χ0n) is 11.9. The average Bonchev–Trinajstić information content (AvgIpc) is 2.43. The molecule has 0 aliphatic carbocycles. The molecular weight excluding hydrogens is 354 g/mol. The second kappa shape index (κ2) is 7.09. The Morgan fingerprint density at radius 1 is 1.43 bits per heavy atom. The van der Waals surface area contributed by atoms with Crippen LogP contribution in [0.2, 0.25) is 5.02 Å². The molecule has 2 aromatic rings. The van der Waals surface area contributed by atoms with E-state index < -0.39 is 0 Å². The third-order valence-electron chi connectivity index (χ3n) is 2.89. The predicted molar refractivity (Wildman–Crippen MR) is 89.8 cm³/mol. The van der Waals surface area contributed by atoms with Gasteiger partial charge in [-0.25, -0.2) is 4.68 Å². The fraction of sp³-hybridized carbons (Fsp3) is 0.333. The summed E-state index contributed by atoms with van der Waals surface area (Å²) < 4.78 is 2.41. The molecule has 21 heavy (non-hydrogen) atoms. The Hall–Kier alpha value is -1.33. The molecule has 0 fully saturated rings. The molecule has 1 heterocycles. The van der Waals surface area contributed by atoms with Gasteiger partial charge in [0.15, 0.2) is 0 Å². The molecule has 4 nitrogen and oxygen atoms in total. The smallest absolute Gasteiger partial charge is 0.287 e. The number of benzene rings is 1. The SMILES string of the molecule is CC(C)Cn1ncc(NCc2cccc(Br)c2)c(Cl)c1=O. The lowest BCUT2D eigenvalue weighted by molar-refractivity contribution is 0.464. The van der Waals surface area contributed by atoms with Crippen molar-refractivity contribution >= 4 is 33.2 Å². The van der Waals surface area contributed by atoms with Crippen molar-refractivity contribution in [1.82, 2.24) is 9.78 Å².